The Morgan fingerprint density at radius 1 is 0.936 bits per heavy atom. The number of nitrogens with zero attached hydrogens (tertiary/aromatic N) is 4. The quantitative estimate of drug-likeness (QED) is 0.214. The molecule has 1 aliphatic heterocycles. The van der Waals surface area contributed by atoms with Gasteiger partial charge in [0, 0.05) is 31.7 Å². The van der Waals surface area contributed by atoms with Crippen molar-refractivity contribution in [2.24, 2.45) is 5.92 Å². The summed E-state index contributed by atoms with van der Waals surface area (Å²) < 4.78 is 94.0. The van der Waals surface area contributed by atoms with Crippen LogP contribution in [0, 0.1) is 5.92 Å². The molecule has 1 atom stereocenters. The van der Waals surface area contributed by atoms with Crippen LogP contribution in [-0.4, -0.2) is 49.9 Å². The molecule has 12 heteroatoms. The lowest BCUT2D eigenvalue weighted by atomic mass is 9.80. The van der Waals surface area contributed by atoms with Crippen LogP contribution < -0.4 is 14.5 Å². The van der Waals surface area contributed by atoms with Gasteiger partial charge in [-0.15, -0.1) is 0 Å². The summed E-state index contributed by atoms with van der Waals surface area (Å²) in [4.78, 5) is 12.9. The highest BCUT2D eigenvalue weighted by molar-refractivity contribution is 5.75. The number of anilines is 2. The van der Waals surface area contributed by atoms with Crippen molar-refractivity contribution < 1.29 is 35.8 Å². The van der Waals surface area contributed by atoms with Crippen molar-refractivity contribution in [2.75, 3.05) is 49.8 Å². The molecule has 47 heavy (non-hydrogen) atoms. The summed E-state index contributed by atoms with van der Waals surface area (Å²) in [5.41, 5.74) is 2.08. The maximum absolute atomic E-state index is 13.8. The van der Waals surface area contributed by atoms with Crippen LogP contribution in [0.4, 0.5) is 38.0 Å². The molecule has 6 nitrogen and oxygen atoms in total. The zero-order valence-electron chi connectivity index (χ0n) is 27.0. The molecule has 1 fully saturated rings. The summed E-state index contributed by atoms with van der Waals surface area (Å²) >= 11 is 0. The number of hydrogen-bond donors (Lipinski definition) is 0. The first-order valence-corrected chi connectivity index (χ1v) is 15.8. The molecule has 0 N–H and O–H groups in total. The molecule has 254 valence electrons. The van der Waals surface area contributed by atoms with Gasteiger partial charge in [0.15, 0.2) is 0 Å². The van der Waals surface area contributed by atoms with E-state index in [1.54, 1.807) is 24.4 Å². The molecule has 0 saturated carbocycles. The van der Waals surface area contributed by atoms with Gasteiger partial charge >= 0.3 is 12.4 Å². The number of allylic oxidation sites excluding steroid dienone is 1. The molecular weight excluding hydrogens is 622 g/mol. The van der Waals surface area contributed by atoms with Crippen LogP contribution >= 0.6 is 0 Å². The summed E-state index contributed by atoms with van der Waals surface area (Å²) in [7, 11) is 1.61. The molecule has 1 aliphatic carbocycles. The van der Waals surface area contributed by atoms with Gasteiger partial charge in [0.25, 0.3) is 0 Å². The third-order valence-corrected chi connectivity index (χ3v) is 8.81. The Bertz CT molecular complexity index is 1530. The molecule has 1 unspecified atom stereocenters. The molecule has 5 rings (SSSR count). The summed E-state index contributed by atoms with van der Waals surface area (Å²) in [5, 5.41) is 0. The number of alkyl halides is 6. The van der Waals surface area contributed by atoms with Crippen LogP contribution in [0.25, 0.3) is 5.57 Å². The fourth-order valence-corrected chi connectivity index (χ4v) is 6.24. The zero-order valence-corrected chi connectivity index (χ0v) is 27.0. The zero-order chi connectivity index (χ0) is 33.9. The largest absolute Gasteiger partial charge is 0.496 e. The molecule has 0 radical (unpaired) electrons. The van der Waals surface area contributed by atoms with Gasteiger partial charge in [0.05, 0.1) is 49.5 Å². The molecule has 3 aromatic rings. The molecule has 2 heterocycles. The lowest BCUT2D eigenvalue weighted by Gasteiger charge is -2.32. The van der Waals surface area contributed by atoms with Crippen LogP contribution in [0.3, 0.4) is 0 Å². The highest BCUT2D eigenvalue weighted by Crippen LogP contribution is 2.41. The second-order valence-corrected chi connectivity index (χ2v) is 12.7. The van der Waals surface area contributed by atoms with Crippen molar-refractivity contribution in [3.8, 4) is 5.75 Å². The van der Waals surface area contributed by atoms with Gasteiger partial charge in [-0.2, -0.15) is 26.3 Å². The Morgan fingerprint density at radius 3 is 2.15 bits per heavy atom. The van der Waals surface area contributed by atoms with Crippen molar-refractivity contribution in [1.29, 1.82) is 0 Å². The standard InChI is InChI=1S/C35H40F6N4O2/c1-22(2)25-6-8-32(46-4)31(16-25)30-7-5-23(3)13-26(30)21-45(33-42-18-29(19-43-33)44-9-11-47-12-10-44)20-24-14-27(34(36,37)38)17-28(15-24)35(39,40)41/h6,8,14-19,22-23H,5,7,9-13,20-21H2,1-4H3. The van der Waals surface area contributed by atoms with E-state index in [2.05, 4.69) is 41.7 Å². The minimum Gasteiger partial charge on any atom is -0.496 e. The van der Waals surface area contributed by atoms with Crippen molar-refractivity contribution in [3.05, 3.63) is 82.2 Å². The highest BCUT2D eigenvalue weighted by Gasteiger charge is 2.37. The fraction of sp³-hybridized carbons (Fsp3) is 0.486. The average Bonchev–Trinajstić information content (AvgIpc) is 3.04. The van der Waals surface area contributed by atoms with Crippen LogP contribution in [0.1, 0.15) is 73.8 Å². The van der Waals surface area contributed by atoms with E-state index in [-0.39, 0.29) is 36.6 Å². The smallest absolute Gasteiger partial charge is 0.416 e. The Morgan fingerprint density at radius 2 is 1.57 bits per heavy atom. The Kier molecular flexibility index (Phi) is 10.4. The van der Waals surface area contributed by atoms with Gasteiger partial charge in [0.1, 0.15) is 5.75 Å². The van der Waals surface area contributed by atoms with E-state index in [1.165, 1.54) is 0 Å². The number of benzene rings is 2. The summed E-state index contributed by atoms with van der Waals surface area (Å²) in [5.74, 6) is 1.51. The van der Waals surface area contributed by atoms with E-state index in [9.17, 15) is 26.3 Å². The van der Waals surface area contributed by atoms with E-state index in [1.807, 2.05) is 12.1 Å². The number of rotatable bonds is 9. The SMILES string of the molecule is COc1ccc(C(C)C)cc1C1=C(CN(Cc2cc(C(F)(F)F)cc(C(F)(F)F)c2)c2ncc(N3CCOCC3)cn2)CC(C)CC1. The van der Waals surface area contributed by atoms with Gasteiger partial charge in [0.2, 0.25) is 5.95 Å². The first kappa shape index (κ1) is 34.5. The molecular formula is C35H40F6N4O2. The average molecular weight is 663 g/mol. The second-order valence-electron chi connectivity index (χ2n) is 12.7. The molecule has 0 bridgehead atoms. The number of ether oxygens (including phenoxy) is 2. The van der Waals surface area contributed by atoms with Crippen LogP contribution in [-0.2, 0) is 23.6 Å². The minimum absolute atomic E-state index is 0.140. The molecule has 0 amide bonds. The van der Waals surface area contributed by atoms with Crippen LogP contribution in [0.2, 0.25) is 0 Å². The monoisotopic (exact) mass is 662 g/mol. The lowest BCUT2D eigenvalue weighted by molar-refractivity contribution is -0.143. The van der Waals surface area contributed by atoms with Crippen molar-refractivity contribution in [3.63, 3.8) is 0 Å². The summed E-state index contributed by atoms with van der Waals surface area (Å²) in [6.07, 6.45) is -4.25. The number of methoxy groups -OCH3 is 1. The number of halogens is 6. The maximum atomic E-state index is 13.8. The Labute approximate surface area is 271 Å². The summed E-state index contributed by atoms with van der Waals surface area (Å²) in [6, 6.07) is 7.80. The maximum Gasteiger partial charge on any atom is 0.416 e. The van der Waals surface area contributed by atoms with Crippen molar-refractivity contribution in [2.45, 2.75) is 64.8 Å². The van der Waals surface area contributed by atoms with E-state index in [0.717, 1.165) is 52.9 Å². The van der Waals surface area contributed by atoms with Gasteiger partial charge < -0.3 is 19.3 Å². The number of morpholine rings is 1. The van der Waals surface area contributed by atoms with Gasteiger partial charge in [-0.1, -0.05) is 26.8 Å². The predicted molar refractivity (Wildman–Crippen MR) is 170 cm³/mol. The van der Waals surface area contributed by atoms with Gasteiger partial charge in [-0.25, -0.2) is 9.97 Å². The molecule has 2 aliphatic rings. The van der Waals surface area contributed by atoms with Gasteiger partial charge in [-0.05, 0) is 83.7 Å². The lowest BCUT2D eigenvalue weighted by Crippen LogP contribution is -2.36. The first-order valence-electron chi connectivity index (χ1n) is 15.8. The van der Waals surface area contributed by atoms with E-state index < -0.39 is 23.5 Å². The van der Waals surface area contributed by atoms with Crippen molar-refractivity contribution >= 4 is 17.2 Å². The predicted octanol–water partition coefficient (Wildman–Crippen LogP) is 8.76. The Balaban J connectivity index is 1.60. The topological polar surface area (TPSA) is 50.7 Å². The fourth-order valence-electron chi connectivity index (χ4n) is 6.24. The molecule has 1 aromatic heterocycles. The molecule has 2 aromatic carbocycles. The summed E-state index contributed by atoms with van der Waals surface area (Å²) in [6.45, 7) is 8.72. The third-order valence-electron chi connectivity index (χ3n) is 8.81. The van der Waals surface area contributed by atoms with Crippen LogP contribution in [0.5, 0.6) is 5.75 Å². The van der Waals surface area contributed by atoms with E-state index >= 15 is 0 Å². The molecule has 0 spiro atoms. The molecule has 1 saturated heterocycles. The van der Waals surface area contributed by atoms with Gasteiger partial charge in [-0.3, -0.25) is 0 Å². The minimum atomic E-state index is -4.95. The van der Waals surface area contributed by atoms with Crippen LogP contribution in [0.15, 0.2) is 54.4 Å². The number of aromatic nitrogens is 2. The highest BCUT2D eigenvalue weighted by atomic mass is 19.4. The normalized spacial score (nSPS) is 17.8. The third kappa shape index (κ3) is 8.38. The number of hydrogen-bond acceptors (Lipinski definition) is 6. The second kappa shape index (κ2) is 14.1. The van der Waals surface area contributed by atoms with E-state index in [0.29, 0.717) is 44.4 Å². The Hall–Kier alpha value is -3.80. The van der Waals surface area contributed by atoms with E-state index in [4.69, 9.17) is 9.47 Å². The van der Waals surface area contributed by atoms with Crippen molar-refractivity contribution in [1.82, 2.24) is 9.97 Å². The first-order chi connectivity index (χ1) is 22.2.